The summed E-state index contributed by atoms with van der Waals surface area (Å²) in [5.74, 6) is 0.640. The van der Waals surface area contributed by atoms with E-state index in [1.54, 1.807) is 24.3 Å². The number of methoxy groups -OCH3 is 1. The van der Waals surface area contributed by atoms with Crippen molar-refractivity contribution in [3.05, 3.63) is 34.8 Å². The monoisotopic (exact) mass is 304 g/mol. The van der Waals surface area contributed by atoms with E-state index >= 15 is 0 Å². The number of ether oxygens (including phenoxy) is 1. The molecule has 2 aromatic rings. The number of rotatable bonds is 4. The van der Waals surface area contributed by atoms with Gasteiger partial charge in [0.1, 0.15) is 5.75 Å². The van der Waals surface area contributed by atoms with E-state index in [9.17, 15) is 13.2 Å². The van der Waals surface area contributed by atoms with Crippen LogP contribution in [0, 0.1) is 0 Å². The Morgan fingerprint density at radius 2 is 1.95 bits per heavy atom. The molecule has 0 aliphatic rings. The standard InChI is InChI=1S/C12H11F3N2O2S/c1-19-8-4-2-7(3-5-8)16-11-17-10(12(13,14)15)9(6-18)20-11/h2-5,18H,6H2,1H3,(H,16,17). The van der Waals surface area contributed by atoms with E-state index in [0.717, 1.165) is 11.3 Å². The van der Waals surface area contributed by atoms with E-state index in [4.69, 9.17) is 9.84 Å². The molecule has 0 radical (unpaired) electrons. The summed E-state index contributed by atoms with van der Waals surface area (Å²) in [7, 11) is 1.52. The average Bonchev–Trinajstić information content (AvgIpc) is 2.83. The Morgan fingerprint density at radius 1 is 1.30 bits per heavy atom. The molecule has 2 N–H and O–H groups in total. The van der Waals surface area contributed by atoms with Crippen LogP contribution in [0.4, 0.5) is 24.0 Å². The summed E-state index contributed by atoms with van der Waals surface area (Å²) in [6, 6.07) is 6.67. The highest BCUT2D eigenvalue weighted by Gasteiger charge is 2.37. The van der Waals surface area contributed by atoms with E-state index in [-0.39, 0.29) is 10.0 Å². The molecule has 0 saturated heterocycles. The number of nitrogens with zero attached hydrogens (tertiary/aromatic N) is 1. The maximum absolute atomic E-state index is 12.7. The number of hydrogen-bond acceptors (Lipinski definition) is 5. The lowest BCUT2D eigenvalue weighted by Crippen LogP contribution is -2.08. The molecule has 1 aromatic heterocycles. The van der Waals surface area contributed by atoms with Crippen molar-refractivity contribution < 1.29 is 23.0 Å². The lowest BCUT2D eigenvalue weighted by atomic mass is 10.3. The Morgan fingerprint density at radius 3 is 2.40 bits per heavy atom. The first-order valence-electron chi connectivity index (χ1n) is 5.53. The van der Waals surface area contributed by atoms with Crippen LogP contribution < -0.4 is 10.1 Å². The first-order valence-corrected chi connectivity index (χ1v) is 6.34. The number of aliphatic hydroxyl groups is 1. The molecule has 108 valence electrons. The minimum Gasteiger partial charge on any atom is -0.497 e. The molecule has 0 bridgehead atoms. The highest BCUT2D eigenvalue weighted by atomic mass is 32.1. The second kappa shape index (κ2) is 5.68. The average molecular weight is 304 g/mol. The van der Waals surface area contributed by atoms with Gasteiger partial charge in [0.15, 0.2) is 10.8 Å². The third-order valence-electron chi connectivity index (χ3n) is 2.45. The van der Waals surface area contributed by atoms with Gasteiger partial charge in [-0.3, -0.25) is 0 Å². The number of anilines is 2. The summed E-state index contributed by atoms with van der Waals surface area (Å²) < 4.78 is 43.0. The molecule has 20 heavy (non-hydrogen) atoms. The maximum atomic E-state index is 12.7. The van der Waals surface area contributed by atoms with Crippen LogP contribution in [0.25, 0.3) is 0 Å². The number of alkyl halides is 3. The van der Waals surface area contributed by atoms with E-state index in [1.165, 1.54) is 7.11 Å². The van der Waals surface area contributed by atoms with Crippen molar-refractivity contribution in [1.82, 2.24) is 4.98 Å². The molecule has 4 nitrogen and oxygen atoms in total. The molecule has 8 heteroatoms. The van der Waals surface area contributed by atoms with Crippen LogP contribution in [0.5, 0.6) is 5.75 Å². The quantitative estimate of drug-likeness (QED) is 0.909. The Bertz CT molecular complexity index is 581. The van der Waals surface area contributed by atoms with Crippen LogP contribution in [-0.2, 0) is 12.8 Å². The lowest BCUT2D eigenvalue weighted by molar-refractivity contribution is -0.141. The fourth-order valence-electron chi connectivity index (χ4n) is 1.53. The molecule has 2 rings (SSSR count). The van der Waals surface area contributed by atoms with Crippen molar-refractivity contribution in [3.63, 3.8) is 0 Å². The number of aromatic nitrogens is 1. The van der Waals surface area contributed by atoms with Crippen molar-refractivity contribution >= 4 is 22.2 Å². The number of hydrogen-bond donors (Lipinski definition) is 2. The van der Waals surface area contributed by atoms with Gasteiger partial charge in [-0.1, -0.05) is 11.3 Å². The first-order chi connectivity index (χ1) is 9.44. The Kier molecular flexibility index (Phi) is 4.15. The number of halogens is 3. The van der Waals surface area contributed by atoms with Crippen LogP contribution >= 0.6 is 11.3 Å². The fraction of sp³-hybridized carbons (Fsp3) is 0.250. The van der Waals surface area contributed by atoms with Crippen LogP contribution in [0.15, 0.2) is 24.3 Å². The summed E-state index contributed by atoms with van der Waals surface area (Å²) in [6.07, 6.45) is -4.57. The van der Waals surface area contributed by atoms with Crippen molar-refractivity contribution in [2.75, 3.05) is 12.4 Å². The number of nitrogens with one attached hydrogen (secondary N) is 1. The van der Waals surface area contributed by atoms with E-state index in [1.807, 2.05) is 0 Å². The van der Waals surface area contributed by atoms with Gasteiger partial charge < -0.3 is 15.2 Å². The van der Waals surface area contributed by atoms with Crippen LogP contribution in [0.3, 0.4) is 0 Å². The maximum Gasteiger partial charge on any atom is 0.434 e. The Hall–Kier alpha value is -1.80. The number of aliphatic hydroxyl groups excluding tert-OH is 1. The third kappa shape index (κ3) is 3.20. The van der Waals surface area contributed by atoms with Crippen molar-refractivity contribution in [2.45, 2.75) is 12.8 Å². The zero-order valence-electron chi connectivity index (χ0n) is 10.4. The van der Waals surface area contributed by atoms with Gasteiger partial charge in [-0.05, 0) is 24.3 Å². The van der Waals surface area contributed by atoms with E-state index < -0.39 is 18.5 Å². The van der Waals surface area contributed by atoms with Gasteiger partial charge in [-0.15, -0.1) is 0 Å². The molecule has 0 saturated carbocycles. The summed E-state index contributed by atoms with van der Waals surface area (Å²) in [5, 5.41) is 11.8. The molecular weight excluding hydrogens is 293 g/mol. The van der Waals surface area contributed by atoms with Gasteiger partial charge in [-0.25, -0.2) is 4.98 Å². The molecule has 0 amide bonds. The zero-order chi connectivity index (χ0) is 14.8. The van der Waals surface area contributed by atoms with Gasteiger partial charge in [-0.2, -0.15) is 13.2 Å². The SMILES string of the molecule is COc1ccc(Nc2nc(C(F)(F)F)c(CO)s2)cc1. The Balaban J connectivity index is 2.23. The second-order valence-corrected chi connectivity index (χ2v) is 4.88. The molecule has 0 unspecified atom stereocenters. The lowest BCUT2D eigenvalue weighted by Gasteiger charge is -2.04. The van der Waals surface area contributed by atoms with Gasteiger partial charge in [0.25, 0.3) is 0 Å². The minimum absolute atomic E-state index is 0.0755. The van der Waals surface area contributed by atoms with Crippen molar-refractivity contribution in [1.29, 1.82) is 0 Å². The van der Waals surface area contributed by atoms with Crippen LogP contribution in [0.2, 0.25) is 0 Å². The van der Waals surface area contributed by atoms with Gasteiger partial charge in [0, 0.05) is 5.69 Å². The number of thiazole rings is 1. The van der Waals surface area contributed by atoms with Gasteiger partial charge >= 0.3 is 6.18 Å². The third-order valence-corrected chi connectivity index (χ3v) is 3.41. The van der Waals surface area contributed by atoms with Crippen LogP contribution in [0.1, 0.15) is 10.6 Å². The van der Waals surface area contributed by atoms with Gasteiger partial charge in [0.2, 0.25) is 0 Å². The molecule has 0 fully saturated rings. The molecule has 1 aromatic carbocycles. The highest BCUT2D eigenvalue weighted by molar-refractivity contribution is 7.15. The smallest absolute Gasteiger partial charge is 0.434 e. The second-order valence-electron chi connectivity index (χ2n) is 3.80. The predicted octanol–water partition coefficient (Wildman–Crippen LogP) is 3.41. The molecular formula is C12H11F3N2O2S. The van der Waals surface area contributed by atoms with E-state index in [0.29, 0.717) is 11.4 Å². The largest absolute Gasteiger partial charge is 0.497 e. The van der Waals surface area contributed by atoms with Crippen molar-refractivity contribution in [2.24, 2.45) is 0 Å². The Labute approximate surface area is 116 Å². The molecule has 0 atom stereocenters. The number of benzene rings is 1. The first kappa shape index (κ1) is 14.6. The predicted molar refractivity (Wildman–Crippen MR) is 69.3 cm³/mol. The summed E-state index contributed by atoms with van der Waals surface area (Å²) in [5.41, 5.74) is -0.473. The highest BCUT2D eigenvalue weighted by Crippen LogP contribution is 2.37. The topological polar surface area (TPSA) is 54.4 Å². The zero-order valence-corrected chi connectivity index (χ0v) is 11.2. The van der Waals surface area contributed by atoms with E-state index in [2.05, 4.69) is 10.3 Å². The van der Waals surface area contributed by atoms with Gasteiger partial charge in [0.05, 0.1) is 18.6 Å². The van der Waals surface area contributed by atoms with Crippen LogP contribution in [-0.4, -0.2) is 17.2 Å². The molecule has 1 heterocycles. The molecule has 0 aliphatic heterocycles. The molecule has 0 spiro atoms. The fourth-order valence-corrected chi connectivity index (χ4v) is 2.39. The van der Waals surface area contributed by atoms with Crippen molar-refractivity contribution in [3.8, 4) is 5.75 Å². The summed E-state index contributed by atoms with van der Waals surface area (Å²) in [4.78, 5) is 3.27. The minimum atomic E-state index is -4.57. The summed E-state index contributed by atoms with van der Waals surface area (Å²) >= 11 is 0.768. The normalized spacial score (nSPS) is 11.4. The molecule has 0 aliphatic carbocycles. The summed E-state index contributed by atoms with van der Waals surface area (Å²) in [6.45, 7) is -0.698.